The highest BCUT2D eigenvalue weighted by atomic mass is 79.9. The van der Waals surface area contributed by atoms with Gasteiger partial charge in [-0.05, 0) is 94.2 Å². The molecule has 234 valence electrons. The molecule has 5 aromatic rings. The van der Waals surface area contributed by atoms with Gasteiger partial charge in [0.15, 0.2) is 16.3 Å². The van der Waals surface area contributed by atoms with Crippen molar-refractivity contribution in [3.8, 4) is 17.6 Å². The van der Waals surface area contributed by atoms with E-state index in [1.165, 1.54) is 11.3 Å². The van der Waals surface area contributed by atoms with Gasteiger partial charge in [0.1, 0.15) is 6.61 Å². The number of anilines is 1. The van der Waals surface area contributed by atoms with Crippen molar-refractivity contribution in [2.24, 2.45) is 4.99 Å². The summed E-state index contributed by atoms with van der Waals surface area (Å²) in [6.45, 7) is 2.04. The Labute approximate surface area is 287 Å². The summed E-state index contributed by atoms with van der Waals surface area (Å²) in [6.07, 6.45) is 1.77. The molecule has 6 rings (SSSR count). The van der Waals surface area contributed by atoms with Crippen LogP contribution in [0.15, 0.2) is 117 Å². The first-order chi connectivity index (χ1) is 22.7. The number of fused-ring (bicyclic) bond motifs is 1. The molecule has 0 bridgehead atoms. The number of para-hydroxylation sites is 1. The van der Waals surface area contributed by atoms with Crippen molar-refractivity contribution in [1.82, 2.24) is 4.57 Å². The molecular formula is C36H26BrClN4O4S. The number of amides is 1. The number of methoxy groups -OCH3 is 1. The summed E-state index contributed by atoms with van der Waals surface area (Å²) in [6, 6.07) is 28.4. The Kier molecular flexibility index (Phi) is 9.41. The zero-order valence-electron chi connectivity index (χ0n) is 25.2. The Morgan fingerprint density at radius 1 is 1.11 bits per heavy atom. The lowest BCUT2D eigenvalue weighted by atomic mass is 9.95. The fourth-order valence-electron chi connectivity index (χ4n) is 5.24. The maximum atomic E-state index is 14.1. The maximum Gasteiger partial charge on any atom is 0.271 e. The van der Waals surface area contributed by atoms with Gasteiger partial charge in [-0.2, -0.15) is 5.26 Å². The van der Waals surface area contributed by atoms with Crippen LogP contribution in [-0.4, -0.2) is 17.6 Å². The first kappa shape index (κ1) is 32.0. The molecule has 2 heterocycles. The highest BCUT2D eigenvalue weighted by Gasteiger charge is 2.32. The van der Waals surface area contributed by atoms with E-state index in [0.29, 0.717) is 58.4 Å². The maximum absolute atomic E-state index is 14.1. The molecule has 0 spiro atoms. The second kappa shape index (κ2) is 13.8. The van der Waals surface area contributed by atoms with Gasteiger partial charge in [0.2, 0.25) is 0 Å². The number of aromatic nitrogens is 1. The van der Waals surface area contributed by atoms with Crippen molar-refractivity contribution >= 4 is 56.5 Å². The lowest BCUT2D eigenvalue weighted by Crippen LogP contribution is -2.40. The first-order valence-electron chi connectivity index (χ1n) is 14.4. The molecule has 0 radical (unpaired) electrons. The van der Waals surface area contributed by atoms with Crippen LogP contribution in [0.3, 0.4) is 0 Å². The van der Waals surface area contributed by atoms with Gasteiger partial charge < -0.3 is 14.8 Å². The van der Waals surface area contributed by atoms with Gasteiger partial charge in [-0.25, -0.2) is 4.99 Å². The van der Waals surface area contributed by atoms with E-state index in [1.807, 2.05) is 48.5 Å². The van der Waals surface area contributed by atoms with E-state index >= 15 is 0 Å². The normalized spacial score (nSPS) is 14.2. The minimum atomic E-state index is -0.728. The highest BCUT2D eigenvalue weighted by molar-refractivity contribution is 9.10. The summed E-state index contributed by atoms with van der Waals surface area (Å²) in [5.41, 5.74) is 4.11. The molecule has 1 atom stereocenters. The van der Waals surface area contributed by atoms with Crippen molar-refractivity contribution in [2.75, 3.05) is 12.4 Å². The number of hydrogen-bond acceptors (Lipinski definition) is 7. The molecule has 1 amide bonds. The molecule has 0 unspecified atom stereocenters. The molecular weight excluding hydrogens is 700 g/mol. The third-order valence-electron chi connectivity index (χ3n) is 7.50. The van der Waals surface area contributed by atoms with Crippen LogP contribution in [0.5, 0.6) is 11.5 Å². The van der Waals surface area contributed by atoms with Gasteiger partial charge in [0.25, 0.3) is 11.5 Å². The fourth-order valence-corrected chi connectivity index (χ4v) is 6.98. The monoisotopic (exact) mass is 724 g/mol. The van der Waals surface area contributed by atoms with Crippen LogP contribution in [-0.2, 0) is 11.4 Å². The number of nitriles is 1. The Morgan fingerprint density at radius 3 is 2.51 bits per heavy atom. The average molecular weight is 726 g/mol. The molecule has 0 aliphatic carbocycles. The molecule has 8 nitrogen and oxygen atoms in total. The molecule has 0 saturated heterocycles. The summed E-state index contributed by atoms with van der Waals surface area (Å²) >= 11 is 11.0. The smallest absolute Gasteiger partial charge is 0.271 e. The first-order valence-corrected chi connectivity index (χ1v) is 16.4. The van der Waals surface area contributed by atoms with E-state index in [-0.39, 0.29) is 18.1 Å². The van der Waals surface area contributed by atoms with Gasteiger partial charge in [-0.3, -0.25) is 14.2 Å². The van der Waals surface area contributed by atoms with Gasteiger partial charge in [0, 0.05) is 10.7 Å². The molecule has 1 N–H and O–H groups in total. The van der Waals surface area contributed by atoms with Crippen LogP contribution in [0.1, 0.15) is 35.2 Å². The standard InChI is InChI=1S/C36H26BrClN4O4S/c1-21-31(34(43)41-27-6-4-3-5-7-27)32(25-12-14-26(38)15-13-25)42-35(44)30(47-36(42)40-21)18-24-16-28(37)33(29(17-24)45-2)46-20-23-10-8-22(19-39)9-11-23/h3-18,32H,20H2,1-2H3,(H,41,43)/b30-18+/t32-/m1/s1. The minimum Gasteiger partial charge on any atom is -0.493 e. The number of thiazole rings is 1. The summed E-state index contributed by atoms with van der Waals surface area (Å²) in [7, 11) is 1.55. The molecule has 1 aromatic heterocycles. The Morgan fingerprint density at radius 2 is 1.83 bits per heavy atom. The number of nitrogens with one attached hydrogen (secondary N) is 1. The summed E-state index contributed by atoms with van der Waals surface area (Å²) < 4.78 is 14.4. The Balaban J connectivity index is 1.38. The number of hydrogen-bond donors (Lipinski definition) is 1. The number of ether oxygens (including phenoxy) is 2. The van der Waals surface area contributed by atoms with E-state index < -0.39 is 6.04 Å². The summed E-state index contributed by atoms with van der Waals surface area (Å²) in [5.74, 6) is 0.627. The number of rotatable bonds is 8. The van der Waals surface area contributed by atoms with E-state index in [9.17, 15) is 9.59 Å². The summed E-state index contributed by atoms with van der Waals surface area (Å²) in [4.78, 5) is 33.1. The second-order valence-electron chi connectivity index (χ2n) is 10.6. The van der Waals surface area contributed by atoms with E-state index in [4.69, 9.17) is 31.3 Å². The SMILES string of the molecule is COc1cc(/C=c2/sc3n(c2=O)[C@H](c2ccc(Cl)cc2)C(C(=O)Nc2ccccc2)=C(C)N=3)cc(Br)c1OCc1ccc(C#N)cc1. The number of benzene rings is 4. The largest absolute Gasteiger partial charge is 0.493 e. The van der Waals surface area contributed by atoms with Crippen LogP contribution < -0.4 is 29.7 Å². The van der Waals surface area contributed by atoms with Crippen molar-refractivity contribution in [3.05, 3.63) is 154 Å². The van der Waals surface area contributed by atoms with Crippen LogP contribution in [0.25, 0.3) is 6.08 Å². The van der Waals surface area contributed by atoms with Crippen LogP contribution >= 0.6 is 38.9 Å². The van der Waals surface area contributed by atoms with Crippen LogP contribution in [0, 0.1) is 11.3 Å². The van der Waals surface area contributed by atoms with Crippen LogP contribution in [0.4, 0.5) is 5.69 Å². The summed E-state index contributed by atoms with van der Waals surface area (Å²) in [5, 5.41) is 12.5. The van der Waals surface area contributed by atoms with Gasteiger partial charge >= 0.3 is 0 Å². The van der Waals surface area contributed by atoms with Gasteiger partial charge in [-0.15, -0.1) is 0 Å². The van der Waals surface area contributed by atoms with Gasteiger partial charge in [-0.1, -0.05) is 65.4 Å². The number of carbonyl (C=O) groups is 1. The number of carbonyl (C=O) groups excluding carboxylic acids is 1. The fraction of sp³-hybridized carbons (Fsp3) is 0.111. The quantitative estimate of drug-likeness (QED) is 0.191. The third-order valence-corrected chi connectivity index (χ3v) is 9.32. The van der Waals surface area contributed by atoms with E-state index in [1.54, 1.807) is 67.1 Å². The number of allylic oxidation sites excluding steroid dienone is 1. The highest BCUT2D eigenvalue weighted by Crippen LogP contribution is 2.37. The van der Waals surface area contributed by atoms with E-state index in [2.05, 4.69) is 27.3 Å². The molecule has 4 aromatic carbocycles. The van der Waals surface area contributed by atoms with Crippen molar-refractivity contribution in [3.63, 3.8) is 0 Å². The molecule has 1 aliphatic rings. The lowest BCUT2D eigenvalue weighted by Gasteiger charge is -2.25. The third kappa shape index (κ3) is 6.79. The van der Waals surface area contributed by atoms with Crippen molar-refractivity contribution in [1.29, 1.82) is 5.26 Å². The van der Waals surface area contributed by atoms with Gasteiger partial charge in [0.05, 0.1) is 45.1 Å². The zero-order valence-corrected chi connectivity index (χ0v) is 28.3. The average Bonchev–Trinajstić information content (AvgIpc) is 3.37. The van der Waals surface area contributed by atoms with E-state index in [0.717, 1.165) is 11.1 Å². The number of nitrogens with zero attached hydrogens (tertiary/aromatic N) is 3. The second-order valence-corrected chi connectivity index (χ2v) is 12.9. The van der Waals surface area contributed by atoms with Crippen LogP contribution in [0.2, 0.25) is 5.02 Å². The predicted molar refractivity (Wildman–Crippen MR) is 186 cm³/mol. The number of halogens is 2. The molecule has 47 heavy (non-hydrogen) atoms. The molecule has 0 saturated carbocycles. The minimum absolute atomic E-state index is 0.267. The lowest BCUT2D eigenvalue weighted by molar-refractivity contribution is -0.113. The zero-order chi connectivity index (χ0) is 33.1. The van der Waals surface area contributed by atoms with Crippen molar-refractivity contribution in [2.45, 2.75) is 19.6 Å². The molecule has 1 aliphatic heterocycles. The molecule has 0 fully saturated rings. The Bertz CT molecular complexity index is 2240. The molecule has 11 heteroatoms. The predicted octanol–water partition coefficient (Wildman–Crippen LogP) is 6.75. The Hall–Kier alpha value is -4.95. The topological polar surface area (TPSA) is 106 Å². The van der Waals surface area contributed by atoms with Crippen molar-refractivity contribution < 1.29 is 14.3 Å².